The van der Waals surface area contributed by atoms with Crippen LogP contribution in [0.15, 0.2) is 108 Å². The van der Waals surface area contributed by atoms with Gasteiger partial charge in [0.1, 0.15) is 17.6 Å². The maximum Gasteiger partial charge on any atom is 0.329 e. The molecule has 0 aliphatic heterocycles. The highest BCUT2D eigenvalue weighted by molar-refractivity contribution is 5.75. The molecule has 6 nitrogen and oxygen atoms in total. The molecular weight excluding hydrogens is 476 g/mol. The van der Waals surface area contributed by atoms with Gasteiger partial charge in [0.05, 0.1) is 19.4 Å². The van der Waals surface area contributed by atoms with Gasteiger partial charge in [0.2, 0.25) is 5.89 Å². The van der Waals surface area contributed by atoms with Gasteiger partial charge < -0.3 is 18.5 Å². The van der Waals surface area contributed by atoms with Crippen molar-refractivity contribution in [3.63, 3.8) is 0 Å². The molecule has 38 heavy (non-hydrogen) atoms. The van der Waals surface area contributed by atoms with E-state index in [2.05, 4.69) is 18.2 Å². The van der Waals surface area contributed by atoms with Crippen LogP contribution in [0.3, 0.4) is 0 Å². The second-order valence-electron chi connectivity index (χ2n) is 9.06. The highest BCUT2D eigenvalue weighted by Crippen LogP contribution is 2.33. The van der Waals surface area contributed by atoms with Gasteiger partial charge in [-0.2, -0.15) is 0 Å². The van der Waals surface area contributed by atoms with E-state index in [0.717, 1.165) is 39.5 Å². The highest BCUT2D eigenvalue weighted by Gasteiger charge is 2.22. The van der Waals surface area contributed by atoms with Gasteiger partial charge in [-0.1, -0.05) is 54.6 Å². The number of esters is 1. The number of ether oxygens (including phenoxy) is 2. The minimum Gasteiger partial charge on any atom is -0.493 e. The molecule has 0 N–H and O–H groups in total. The molecule has 0 unspecified atom stereocenters. The summed E-state index contributed by atoms with van der Waals surface area (Å²) in [4.78, 5) is 17.2. The van der Waals surface area contributed by atoms with Crippen molar-refractivity contribution in [3.8, 4) is 28.3 Å². The van der Waals surface area contributed by atoms with Gasteiger partial charge in [-0.25, -0.2) is 9.78 Å². The summed E-state index contributed by atoms with van der Waals surface area (Å²) in [7, 11) is 1.42. The van der Waals surface area contributed by atoms with Crippen LogP contribution in [0.25, 0.3) is 22.6 Å². The third-order valence-electron chi connectivity index (χ3n) is 6.53. The summed E-state index contributed by atoms with van der Waals surface area (Å²) in [6, 6.07) is 29.5. The lowest BCUT2D eigenvalue weighted by Crippen LogP contribution is -2.22. The molecule has 0 fully saturated rings. The lowest BCUT2D eigenvalue weighted by molar-refractivity contribution is -0.144. The van der Waals surface area contributed by atoms with Crippen LogP contribution in [0.2, 0.25) is 0 Å². The van der Waals surface area contributed by atoms with E-state index in [1.54, 1.807) is 0 Å². The van der Waals surface area contributed by atoms with Crippen LogP contribution < -0.4 is 4.74 Å². The fraction of sp³-hybridized carbons (Fsp3) is 0.188. The molecule has 0 saturated carbocycles. The van der Waals surface area contributed by atoms with Crippen molar-refractivity contribution in [2.24, 2.45) is 0 Å². The Morgan fingerprint density at radius 1 is 0.921 bits per heavy atom. The molecular formula is C32H30N2O4. The summed E-state index contributed by atoms with van der Waals surface area (Å²) in [5, 5.41) is 0. The molecule has 2 aromatic heterocycles. The van der Waals surface area contributed by atoms with E-state index in [1.165, 1.54) is 7.11 Å². The first kappa shape index (κ1) is 25.1. The van der Waals surface area contributed by atoms with E-state index in [4.69, 9.17) is 18.9 Å². The molecule has 6 heteroatoms. The smallest absolute Gasteiger partial charge is 0.329 e. The van der Waals surface area contributed by atoms with Crippen LogP contribution in [0.4, 0.5) is 0 Å². The van der Waals surface area contributed by atoms with Crippen molar-refractivity contribution >= 4 is 5.97 Å². The van der Waals surface area contributed by atoms with Crippen molar-refractivity contribution < 1.29 is 18.7 Å². The fourth-order valence-electron chi connectivity index (χ4n) is 4.52. The number of benzene rings is 3. The molecule has 192 valence electrons. The lowest BCUT2D eigenvalue weighted by Gasteiger charge is -2.18. The SMILES string of the molecule is COC(=O)[C@H](Cc1ccc(OCCc2nc(-c3ccccc3)oc2C)c(-c2ccccc2)c1)n1cccc1. The van der Waals surface area contributed by atoms with Gasteiger partial charge in [0.25, 0.3) is 0 Å². The van der Waals surface area contributed by atoms with Gasteiger partial charge in [0.15, 0.2) is 0 Å². The normalized spacial score (nSPS) is 11.7. The topological polar surface area (TPSA) is 66.5 Å². The Bertz CT molecular complexity index is 1470. The molecule has 3 aromatic carbocycles. The first-order valence-corrected chi connectivity index (χ1v) is 12.7. The maximum absolute atomic E-state index is 12.6. The van der Waals surface area contributed by atoms with Crippen molar-refractivity contribution in [1.29, 1.82) is 0 Å². The van der Waals surface area contributed by atoms with E-state index in [1.807, 2.05) is 96.7 Å². The molecule has 0 radical (unpaired) electrons. The molecule has 2 heterocycles. The molecule has 0 aliphatic rings. The van der Waals surface area contributed by atoms with Crippen LogP contribution in [0, 0.1) is 6.92 Å². The van der Waals surface area contributed by atoms with Gasteiger partial charge in [-0.15, -0.1) is 0 Å². The van der Waals surface area contributed by atoms with E-state index >= 15 is 0 Å². The number of aryl methyl sites for hydroxylation is 1. The summed E-state index contributed by atoms with van der Waals surface area (Å²) < 4.78 is 19.2. The number of hydrogen-bond acceptors (Lipinski definition) is 5. The Morgan fingerprint density at radius 2 is 1.61 bits per heavy atom. The predicted molar refractivity (Wildman–Crippen MR) is 147 cm³/mol. The zero-order valence-corrected chi connectivity index (χ0v) is 21.5. The fourth-order valence-corrected chi connectivity index (χ4v) is 4.52. The molecule has 1 atom stereocenters. The van der Waals surface area contributed by atoms with Crippen molar-refractivity contribution in [1.82, 2.24) is 9.55 Å². The van der Waals surface area contributed by atoms with E-state index in [9.17, 15) is 4.79 Å². The second kappa shape index (κ2) is 11.6. The number of hydrogen-bond donors (Lipinski definition) is 0. The zero-order chi connectivity index (χ0) is 26.3. The van der Waals surface area contributed by atoms with Crippen molar-refractivity contribution in [2.45, 2.75) is 25.8 Å². The van der Waals surface area contributed by atoms with Crippen LogP contribution >= 0.6 is 0 Å². The maximum atomic E-state index is 12.6. The van der Waals surface area contributed by atoms with Gasteiger partial charge in [-0.05, 0) is 54.4 Å². The summed E-state index contributed by atoms with van der Waals surface area (Å²) >= 11 is 0. The first-order valence-electron chi connectivity index (χ1n) is 12.7. The molecule has 5 rings (SSSR count). The number of nitrogens with zero attached hydrogens (tertiary/aromatic N) is 2. The van der Waals surface area contributed by atoms with Gasteiger partial charge >= 0.3 is 5.97 Å². The molecule has 0 amide bonds. The standard InChI is InChI=1S/C32H30N2O4/c1-23-28(33-31(38-23)26-13-7-4-8-14-26)17-20-37-30-16-15-24(21-27(30)25-11-5-3-6-12-25)22-29(32(35)36-2)34-18-9-10-19-34/h3-16,18-19,21,29H,17,20,22H2,1-2H3/t29-/m0/s1. The van der Waals surface area contributed by atoms with Crippen LogP contribution in [-0.2, 0) is 22.4 Å². The Labute approximate surface area is 222 Å². The van der Waals surface area contributed by atoms with Crippen molar-refractivity contribution in [2.75, 3.05) is 13.7 Å². The van der Waals surface area contributed by atoms with Crippen LogP contribution in [-0.4, -0.2) is 29.2 Å². The Balaban J connectivity index is 1.35. The average molecular weight is 507 g/mol. The summed E-state index contributed by atoms with van der Waals surface area (Å²) in [5.41, 5.74) is 4.87. The number of carbonyl (C=O) groups excluding carboxylic acids is 1. The third kappa shape index (κ3) is 5.70. The monoisotopic (exact) mass is 506 g/mol. The Kier molecular flexibility index (Phi) is 7.69. The minimum atomic E-state index is -0.445. The number of methoxy groups -OCH3 is 1. The van der Waals surface area contributed by atoms with Crippen LogP contribution in [0.1, 0.15) is 23.1 Å². The second-order valence-corrected chi connectivity index (χ2v) is 9.06. The lowest BCUT2D eigenvalue weighted by atomic mass is 9.98. The quantitative estimate of drug-likeness (QED) is 0.197. The average Bonchev–Trinajstić information content (AvgIpc) is 3.63. The minimum absolute atomic E-state index is 0.277. The predicted octanol–water partition coefficient (Wildman–Crippen LogP) is 6.70. The molecule has 0 spiro atoms. The third-order valence-corrected chi connectivity index (χ3v) is 6.53. The van der Waals surface area contributed by atoms with E-state index in [0.29, 0.717) is 25.3 Å². The van der Waals surface area contributed by atoms with E-state index in [-0.39, 0.29) is 5.97 Å². The summed E-state index contributed by atoms with van der Waals surface area (Å²) in [6.45, 7) is 2.39. The zero-order valence-electron chi connectivity index (χ0n) is 21.5. The summed E-state index contributed by atoms with van der Waals surface area (Å²) in [6.07, 6.45) is 4.89. The molecule has 5 aromatic rings. The highest BCUT2D eigenvalue weighted by atomic mass is 16.5. The van der Waals surface area contributed by atoms with Gasteiger partial charge in [-0.3, -0.25) is 0 Å². The largest absolute Gasteiger partial charge is 0.493 e. The molecule has 0 aliphatic carbocycles. The Morgan fingerprint density at radius 3 is 2.29 bits per heavy atom. The summed E-state index contributed by atoms with van der Waals surface area (Å²) in [5.74, 6) is 1.92. The van der Waals surface area contributed by atoms with Gasteiger partial charge in [0, 0.05) is 36.4 Å². The number of carbonyl (C=O) groups is 1. The number of rotatable bonds is 10. The number of aromatic nitrogens is 2. The van der Waals surface area contributed by atoms with Crippen LogP contribution in [0.5, 0.6) is 5.75 Å². The van der Waals surface area contributed by atoms with Crippen molar-refractivity contribution in [3.05, 3.63) is 120 Å². The van der Waals surface area contributed by atoms with E-state index < -0.39 is 6.04 Å². The first-order chi connectivity index (χ1) is 18.6. The molecule has 0 saturated heterocycles. The molecule has 0 bridgehead atoms. The number of oxazole rings is 1. The Hall–Kier alpha value is -4.58.